The van der Waals surface area contributed by atoms with Crippen molar-refractivity contribution < 1.29 is 9.32 Å². The Morgan fingerprint density at radius 3 is 3.11 bits per heavy atom. The summed E-state index contributed by atoms with van der Waals surface area (Å²) >= 11 is 0. The van der Waals surface area contributed by atoms with Crippen molar-refractivity contribution in [2.75, 3.05) is 5.32 Å². The summed E-state index contributed by atoms with van der Waals surface area (Å²) in [5.74, 6) is 0.256. The lowest BCUT2D eigenvalue weighted by Gasteiger charge is -2.19. The van der Waals surface area contributed by atoms with Crippen molar-refractivity contribution in [3.05, 3.63) is 17.2 Å². The van der Waals surface area contributed by atoms with Crippen LogP contribution in [0.2, 0.25) is 0 Å². The first-order valence-electron chi connectivity index (χ1n) is 6.12. The number of anilines is 1. The second-order valence-electron chi connectivity index (χ2n) is 4.68. The van der Waals surface area contributed by atoms with Crippen molar-refractivity contribution in [2.24, 2.45) is 13.0 Å². The minimum Gasteiger partial charge on any atom is -0.315 e. The van der Waals surface area contributed by atoms with Gasteiger partial charge in [-0.2, -0.15) is 4.98 Å². The monoisotopic (exact) mass is 262 g/mol. The minimum absolute atomic E-state index is 0.111. The van der Waals surface area contributed by atoms with Gasteiger partial charge in [-0.1, -0.05) is 10.4 Å². The molecule has 1 N–H and O–H groups in total. The highest BCUT2D eigenvalue weighted by Crippen LogP contribution is 2.24. The number of nitrogens with one attached hydrogen (secondary N) is 1. The highest BCUT2D eigenvalue weighted by molar-refractivity contribution is 5.90. The summed E-state index contributed by atoms with van der Waals surface area (Å²) in [5.41, 5.74) is 2.01. The van der Waals surface area contributed by atoms with Gasteiger partial charge in [0.1, 0.15) is 0 Å². The molecule has 0 aromatic carbocycles. The van der Waals surface area contributed by atoms with Gasteiger partial charge in [-0.25, -0.2) is 0 Å². The summed E-state index contributed by atoms with van der Waals surface area (Å²) in [6.07, 6.45) is 2.18. The molecule has 0 fully saturated rings. The molecule has 0 saturated carbocycles. The molecule has 0 saturated heterocycles. The molecule has 1 unspecified atom stereocenters. The third-order valence-electron chi connectivity index (χ3n) is 3.32. The predicted molar refractivity (Wildman–Crippen MR) is 64.2 cm³/mol. The van der Waals surface area contributed by atoms with Gasteiger partial charge in [0.2, 0.25) is 5.91 Å². The Bertz CT molecular complexity index is 616. The van der Waals surface area contributed by atoms with E-state index in [1.54, 1.807) is 11.6 Å². The van der Waals surface area contributed by atoms with Gasteiger partial charge in [-0.15, -0.1) is 5.10 Å². The Labute approximate surface area is 109 Å². The first-order valence-corrected chi connectivity index (χ1v) is 6.12. The maximum absolute atomic E-state index is 12.1. The van der Waals surface area contributed by atoms with Gasteiger partial charge in [0.05, 0.1) is 11.4 Å². The Kier molecular flexibility index (Phi) is 2.77. The zero-order valence-corrected chi connectivity index (χ0v) is 10.8. The standard InChI is InChI=1S/C11H14N6O2/c1-6-12-11(19-15-6)13-10(18)7-3-4-9-8(5-7)14-16-17(9)2/h7H,3-5H2,1-2H3,(H,12,13,15,18). The fourth-order valence-electron chi connectivity index (χ4n) is 2.31. The van der Waals surface area contributed by atoms with E-state index in [4.69, 9.17) is 4.52 Å². The molecular formula is C11H14N6O2. The Morgan fingerprint density at radius 2 is 2.37 bits per heavy atom. The van der Waals surface area contributed by atoms with Crippen LogP contribution < -0.4 is 5.32 Å². The smallest absolute Gasteiger partial charge is 0.315 e. The molecule has 3 rings (SSSR count). The van der Waals surface area contributed by atoms with Crippen molar-refractivity contribution in [3.63, 3.8) is 0 Å². The van der Waals surface area contributed by atoms with Crippen molar-refractivity contribution in [3.8, 4) is 0 Å². The Morgan fingerprint density at radius 1 is 1.53 bits per heavy atom. The lowest BCUT2D eigenvalue weighted by atomic mass is 9.89. The summed E-state index contributed by atoms with van der Waals surface area (Å²) in [4.78, 5) is 16.1. The summed E-state index contributed by atoms with van der Waals surface area (Å²) in [6, 6.07) is 0.146. The first-order chi connectivity index (χ1) is 9.13. The van der Waals surface area contributed by atoms with Crippen LogP contribution in [-0.4, -0.2) is 31.0 Å². The number of hydrogen-bond acceptors (Lipinski definition) is 6. The molecule has 0 bridgehead atoms. The number of carbonyl (C=O) groups excluding carboxylic acids is 1. The Hall–Kier alpha value is -2.25. The number of amides is 1. The molecule has 1 aliphatic rings. The number of hydrogen-bond donors (Lipinski definition) is 1. The molecule has 19 heavy (non-hydrogen) atoms. The van der Waals surface area contributed by atoms with E-state index < -0.39 is 0 Å². The van der Waals surface area contributed by atoms with E-state index in [9.17, 15) is 4.79 Å². The highest BCUT2D eigenvalue weighted by Gasteiger charge is 2.28. The maximum atomic E-state index is 12.1. The molecule has 2 aromatic heterocycles. The van der Waals surface area contributed by atoms with E-state index in [-0.39, 0.29) is 17.8 Å². The van der Waals surface area contributed by atoms with E-state index in [1.165, 1.54) is 0 Å². The molecule has 1 amide bonds. The minimum atomic E-state index is -0.128. The van der Waals surface area contributed by atoms with Gasteiger partial charge in [-0.05, 0) is 19.8 Å². The van der Waals surface area contributed by atoms with Gasteiger partial charge in [-0.3, -0.25) is 14.8 Å². The van der Waals surface area contributed by atoms with E-state index >= 15 is 0 Å². The second kappa shape index (κ2) is 4.45. The molecular weight excluding hydrogens is 248 g/mol. The van der Waals surface area contributed by atoms with Crippen LogP contribution in [-0.2, 0) is 24.7 Å². The zero-order chi connectivity index (χ0) is 13.4. The van der Waals surface area contributed by atoms with Gasteiger partial charge >= 0.3 is 6.01 Å². The molecule has 0 spiro atoms. The fraction of sp³-hybridized carbons (Fsp3) is 0.545. The first kappa shape index (κ1) is 11.8. The van der Waals surface area contributed by atoms with Crippen LogP contribution in [0, 0.1) is 12.8 Å². The van der Waals surface area contributed by atoms with Gasteiger partial charge in [0.25, 0.3) is 0 Å². The van der Waals surface area contributed by atoms with E-state index in [0.29, 0.717) is 12.2 Å². The van der Waals surface area contributed by atoms with Crippen LogP contribution in [0.3, 0.4) is 0 Å². The quantitative estimate of drug-likeness (QED) is 0.833. The van der Waals surface area contributed by atoms with Crippen molar-refractivity contribution in [1.82, 2.24) is 25.1 Å². The fourth-order valence-corrected chi connectivity index (χ4v) is 2.31. The number of aryl methyl sites for hydroxylation is 2. The summed E-state index contributed by atoms with van der Waals surface area (Å²) in [7, 11) is 1.87. The van der Waals surface area contributed by atoms with Crippen molar-refractivity contribution >= 4 is 11.9 Å². The van der Waals surface area contributed by atoms with Crippen LogP contribution in [0.1, 0.15) is 23.6 Å². The average molecular weight is 262 g/mol. The van der Waals surface area contributed by atoms with E-state index in [2.05, 4.69) is 25.8 Å². The maximum Gasteiger partial charge on any atom is 0.328 e. The largest absolute Gasteiger partial charge is 0.328 e. The van der Waals surface area contributed by atoms with Crippen LogP contribution >= 0.6 is 0 Å². The van der Waals surface area contributed by atoms with Gasteiger partial charge in [0, 0.05) is 19.4 Å². The Balaban J connectivity index is 1.69. The molecule has 0 radical (unpaired) electrons. The molecule has 0 aliphatic heterocycles. The third-order valence-corrected chi connectivity index (χ3v) is 3.32. The normalized spacial score (nSPS) is 18.1. The van der Waals surface area contributed by atoms with Crippen LogP contribution in [0.15, 0.2) is 4.52 Å². The van der Waals surface area contributed by atoms with Crippen molar-refractivity contribution in [1.29, 1.82) is 0 Å². The van der Waals surface area contributed by atoms with Gasteiger partial charge < -0.3 is 4.52 Å². The molecule has 8 heteroatoms. The molecule has 2 aromatic rings. The highest BCUT2D eigenvalue weighted by atomic mass is 16.5. The average Bonchev–Trinajstić information content (AvgIpc) is 2.96. The predicted octanol–water partition coefficient (Wildman–Crippen LogP) is 0.250. The third kappa shape index (κ3) is 2.20. The molecule has 1 aliphatic carbocycles. The lowest BCUT2D eigenvalue weighted by Crippen LogP contribution is -2.28. The molecule has 2 heterocycles. The molecule has 8 nitrogen and oxygen atoms in total. The van der Waals surface area contributed by atoms with Crippen molar-refractivity contribution in [2.45, 2.75) is 26.2 Å². The van der Waals surface area contributed by atoms with Gasteiger partial charge in [0.15, 0.2) is 5.82 Å². The SMILES string of the molecule is Cc1noc(NC(=O)C2CCc3c(nnn3C)C2)n1. The summed E-state index contributed by atoms with van der Waals surface area (Å²) in [6.45, 7) is 1.70. The number of rotatable bonds is 2. The number of nitrogens with zero attached hydrogens (tertiary/aromatic N) is 5. The zero-order valence-electron chi connectivity index (χ0n) is 10.8. The van der Waals surface area contributed by atoms with E-state index in [0.717, 1.165) is 24.2 Å². The number of aromatic nitrogens is 5. The summed E-state index contributed by atoms with van der Waals surface area (Å²) < 4.78 is 6.64. The number of carbonyl (C=O) groups is 1. The number of fused-ring (bicyclic) bond motifs is 1. The summed E-state index contributed by atoms with van der Waals surface area (Å²) in [5, 5.41) is 14.3. The van der Waals surface area contributed by atoms with Crippen LogP contribution in [0.4, 0.5) is 6.01 Å². The van der Waals surface area contributed by atoms with Crippen LogP contribution in [0.5, 0.6) is 0 Å². The molecule has 1 atom stereocenters. The van der Waals surface area contributed by atoms with Crippen LogP contribution in [0.25, 0.3) is 0 Å². The second-order valence-corrected chi connectivity index (χ2v) is 4.68. The topological polar surface area (TPSA) is 98.7 Å². The van der Waals surface area contributed by atoms with E-state index in [1.807, 2.05) is 7.05 Å². The lowest BCUT2D eigenvalue weighted by molar-refractivity contribution is -0.120. The molecule has 100 valence electrons.